The maximum absolute atomic E-state index is 13.3. The molecule has 2 aromatic carbocycles. The number of benzene rings is 2. The van der Waals surface area contributed by atoms with Crippen molar-refractivity contribution >= 4 is 46.3 Å². The first-order valence-corrected chi connectivity index (χ1v) is 22.1. The van der Waals surface area contributed by atoms with E-state index in [1.54, 1.807) is 36.5 Å². The van der Waals surface area contributed by atoms with Crippen molar-refractivity contribution in [3.05, 3.63) is 83.2 Å². The number of nitrogens with zero attached hydrogens (tertiary/aromatic N) is 7. The Kier molecular flexibility index (Phi) is 11.8. The third-order valence-corrected chi connectivity index (χ3v) is 13.4. The number of carbonyl (C=O) groups excluding carboxylic acids is 5. The normalized spacial score (nSPS) is 24.0. The molecule has 2 N–H and O–H groups in total. The van der Waals surface area contributed by atoms with Crippen LogP contribution in [0.15, 0.2) is 60.8 Å². The van der Waals surface area contributed by atoms with Crippen LogP contribution in [0.4, 0.5) is 5.82 Å². The quantitative estimate of drug-likeness (QED) is 0.182. The number of nitrogens with one attached hydrogen (secondary N) is 2. The minimum Gasteiger partial charge on any atom is -0.490 e. The summed E-state index contributed by atoms with van der Waals surface area (Å²) in [5.74, 6) is 0.190. The molecule has 5 aliphatic rings. The Hall–Kier alpha value is -6.47. The van der Waals surface area contributed by atoms with E-state index in [-0.39, 0.29) is 48.1 Å². The molecule has 1 atom stereocenters. The van der Waals surface area contributed by atoms with Gasteiger partial charge in [-0.25, -0.2) is 0 Å². The molecule has 0 spiro atoms. The molecule has 16 heteroatoms. The Morgan fingerprint density at radius 3 is 2.40 bits per heavy atom. The third kappa shape index (κ3) is 8.66. The molecule has 2 saturated carbocycles. The number of nitriles is 1. The lowest BCUT2D eigenvalue weighted by Gasteiger charge is -2.46. The van der Waals surface area contributed by atoms with Crippen molar-refractivity contribution in [2.45, 2.75) is 114 Å². The minimum atomic E-state index is -1.00. The van der Waals surface area contributed by atoms with Crippen LogP contribution < -0.4 is 25.0 Å². The highest BCUT2D eigenvalue weighted by atomic mass is 16.5. The molecule has 4 fully saturated rings. The number of hydrogen-bond donors (Lipinski definition) is 2. The lowest BCUT2D eigenvalue weighted by atomic mass is 9.85. The Balaban J connectivity index is 0.706. The second-order valence-electron chi connectivity index (χ2n) is 17.7. The largest absolute Gasteiger partial charge is 0.490 e. The van der Waals surface area contributed by atoms with Crippen molar-refractivity contribution in [2.24, 2.45) is 5.92 Å². The fourth-order valence-corrected chi connectivity index (χ4v) is 9.76. The van der Waals surface area contributed by atoms with E-state index in [0.717, 1.165) is 92.9 Å². The van der Waals surface area contributed by atoms with Gasteiger partial charge in [0.05, 0.1) is 28.3 Å². The first kappa shape index (κ1) is 41.9. The summed E-state index contributed by atoms with van der Waals surface area (Å²) in [6, 6.07) is 17.8. The summed E-state index contributed by atoms with van der Waals surface area (Å²) in [6.45, 7) is 7.15. The molecule has 5 heterocycles. The minimum absolute atomic E-state index is 0.00810. The fraction of sp³-hybridized carbons (Fsp3) is 0.468. The van der Waals surface area contributed by atoms with E-state index in [1.807, 2.05) is 24.3 Å². The number of ether oxygens (including phenoxy) is 2. The third-order valence-electron chi connectivity index (χ3n) is 13.4. The average molecular weight is 854 g/mol. The SMILES string of the molecule is CC(C)N(CC1CCN(c2ccc(C(=O)NC3CCC(Oc4ccc(C#N)c5ncccc45)CC3)nn2)CC1)C1CC(Oc2ccc3c(c2)C(=O)N(C2CCC(=O)NC2=O)C3=O)C1. The maximum Gasteiger partial charge on any atom is 0.272 e. The smallest absolute Gasteiger partial charge is 0.272 e. The lowest BCUT2D eigenvalue weighted by Crippen LogP contribution is -2.54. The molecule has 9 rings (SSSR count). The number of carbonyl (C=O) groups is 5. The van der Waals surface area contributed by atoms with Gasteiger partial charge in [0.2, 0.25) is 11.8 Å². The van der Waals surface area contributed by atoms with Crippen LogP contribution in [0, 0.1) is 17.2 Å². The van der Waals surface area contributed by atoms with Crippen LogP contribution in [-0.4, -0.2) is 111 Å². The number of fused-ring (bicyclic) bond motifs is 2. The first-order valence-electron chi connectivity index (χ1n) is 22.1. The van der Waals surface area contributed by atoms with E-state index in [2.05, 4.69) is 55.5 Å². The highest BCUT2D eigenvalue weighted by Gasteiger charge is 2.45. The van der Waals surface area contributed by atoms with Crippen molar-refractivity contribution in [3.8, 4) is 17.6 Å². The molecular weight excluding hydrogens is 803 g/mol. The van der Waals surface area contributed by atoms with Gasteiger partial charge in [-0.2, -0.15) is 5.26 Å². The molecule has 16 nitrogen and oxygen atoms in total. The molecule has 63 heavy (non-hydrogen) atoms. The summed E-state index contributed by atoms with van der Waals surface area (Å²) in [4.78, 5) is 73.8. The Morgan fingerprint density at radius 1 is 0.905 bits per heavy atom. The van der Waals surface area contributed by atoms with Gasteiger partial charge in [0, 0.05) is 68.6 Å². The van der Waals surface area contributed by atoms with E-state index in [1.165, 1.54) is 0 Å². The topological polar surface area (TPSA) is 200 Å². The number of anilines is 1. The van der Waals surface area contributed by atoms with E-state index in [0.29, 0.717) is 40.5 Å². The zero-order valence-corrected chi connectivity index (χ0v) is 35.5. The van der Waals surface area contributed by atoms with Gasteiger partial charge in [-0.1, -0.05) is 0 Å². The van der Waals surface area contributed by atoms with Crippen molar-refractivity contribution in [2.75, 3.05) is 24.5 Å². The molecule has 4 aromatic rings. The van der Waals surface area contributed by atoms with Crippen molar-refractivity contribution in [1.82, 2.24) is 35.6 Å². The summed E-state index contributed by atoms with van der Waals surface area (Å²) in [5, 5.41) is 24.4. The molecule has 5 amide bonds. The summed E-state index contributed by atoms with van der Waals surface area (Å²) >= 11 is 0. The van der Waals surface area contributed by atoms with E-state index in [9.17, 15) is 29.2 Å². The first-order chi connectivity index (χ1) is 30.5. The van der Waals surface area contributed by atoms with E-state index >= 15 is 0 Å². The molecule has 326 valence electrons. The van der Waals surface area contributed by atoms with Crippen LogP contribution in [0.25, 0.3) is 10.9 Å². The fourth-order valence-electron chi connectivity index (χ4n) is 9.76. The van der Waals surface area contributed by atoms with Crippen molar-refractivity contribution in [1.29, 1.82) is 5.26 Å². The van der Waals surface area contributed by atoms with Gasteiger partial charge in [-0.3, -0.25) is 44.1 Å². The summed E-state index contributed by atoms with van der Waals surface area (Å²) in [6.07, 6.45) is 8.73. The van der Waals surface area contributed by atoms with Crippen molar-refractivity contribution < 1.29 is 33.4 Å². The lowest BCUT2D eigenvalue weighted by molar-refractivity contribution is -0.136. The molecule has 2 aliphatic carbocycles. The number of imide groups is 2. The molecule has 3 aliphatic heterocycles. The summed E-state index contributed by atoms with van der Waals surface area (Å²) in [7, 11) is 0. The van der Waals surface area contributed by atoms with Crippen LogP contribution >= 0.6 is 0 Å². The second-order valence-corrected chi connectivity index (χ2v) is 17.7. The van der Waals surface area contributed by atoms with Gasteiger partial charge in [-0.15, -0.1) is 10.2 Å². The summed E-state index contributed by atoms with van der Waals surface area (Å²) < 4.78 is 12.7. The molecule has 2 aromatic heterocycles. The number of pyridine rings is 1. The highest BCUT2D eigenvalue weighted by Crippen LogP contribution is 2.36. The molecule has 2 saturated heterocycles. The van der Waals surface area contributed by atoms with E-state index < -0.39 is 29.7 Å². The molecule has 1 unspecified atom stereocenters. The van der Waals surface area contributed by atoms with Crippen LogP contribution in [0.5, 0.6) is 11.5 Å². The summed E-state index contributed by atoms with van der Waals surface area (Å²) in [5.41, 5.74) is 1.91. The molecule has 0 bridgehead atoms. The number of aromatic nitrogens is 3. The standard InChI is InChI=1S/C47H51N9O7/c1-27(2)55(31-22-34(23-31)62-33-10-11-35-37(24-33)47(61)56(46(35)60)39-13-16-42(57)51-45(39)59)26-28-17-20-54(21-18-28)41-15-12-38(52-53-41)44(58)50-30-6-8-32(9-7-30)63-40-14-5-29(25-48)43-36(40)4-3-19-49-43/h3-5,10-12,14-15,19,24,27-28,30-32,34,39H,6-9,13,16-18,20-23,26H2,1-2H3,(H,50,58)(H,51,57,59). The Labute approximate surface area is 365 Å². The predicted octanol–water partition coefficient (Wildman–Crippen LogP) is 4.95. The predicted molar refractivity (Wildman–Crippen MR) is 230 cm³/mol. The highest BCUT2D eigenvalue weighted by molar-refractivity contribution is 6.23. The van der Waals surface area contributed by atoms with Gasteiger partial charge in [0.1, 0.15) is 29.7 Å². The van der Waals surface area contributed by atoms with Gasteiger partial charge < -0.3 is 19.7 Å². The number of hydrogen-bond acceptors (Lipinski definition) is 13. The van der Waals surface area contributed by atoms with Gasteiger partial charge >= 0.3 is 0 Å². The number of amides is 5. The average Bonchev–Trinajstić information content (AvgIpc) is 3.52. The Bertz CT molecular complexity index is 2470. The van der Waals surface area contributed by atoms with Gasteiger partial charge in [0.25, 0.3) is 17.7 Å². The number of piperidine rings is 2. The van der Waals surface area contributed by atoms with Gasteiger partial charge in [-0.05, 0) is 119 Å². The Morgan fingerprint density at radius 2 is 1.68 bits per heavy atom. The monoisotopic (exact) mass is 853 g/mol. The maximum atomic E-state index is 13.3. The van der Waals surface area contributed by atoms with Gasteiger partial charge in [0.15, 0.2) is 11.5 Å². The van der Waals surface area contributed by atoms with Crippen molar-refractivity contribution in [3.63, 3.8) is 0 Å². The molecule has 0 radical (unpaired) electrons. The second kappa shape index (κ2) is 17.7. The zero-order chi connectivity index (χ0) is 43.8. The van der Waals surface area contributed by atoms with Crippen LogP contribution in [0.1, 0.15) is 115 Å². The number of rotatable bonds is 12. The van der Waals surface area contributed by atoms with Crippen LogP contribution in [0.2, 0.25) is 0 Å². The van der Waals surface area contributed by atoms with Crippen LogP contribution in [0.3, 0.4) is 0 Å². The zero-order valence-electron chi connectivity index (χ0n) is 35.5. The van der Waals surface area contributed by atoms with E-state index in [4.69, 9.17) is 9.47 Å². The van der Waals surface area contributed by atoms with Crippen LogP contribution in [-0.2, 0) is 9.59 Å². The molecular formula is C47H51N9O7.